The molecule has 0 radical (unpaired) electrons. The molecule has 146 valence electrons. The number of fused-ring (bicyclic) bond motifs is 1. The predicted molar refractivity (Wildman–Crippen MR) is 100 cm³/mol. The third-order valence-corrected chi connectivity index (χ3v) is 4.34. The van der Waals surface area contributed by atoms with Crippen molar-refractivity contribution in [1.29, 1.82) is 0 Å². The Bertz CT molecular complexity index is 784. The van der Waals surface area contributed by atoms with Crippen LogP contribution in [0.15, 0.2) is 40.7 Å². The van der Waals surface area contributed by atoms with E-state index < -0.39 is 0 Å². The van der Waals surface area contributed by atoms with E-state index in [2.05, 4.69) is 30.1 Å². The van der Waals surface area contributed by atoms with Crippen molar-refractivity contribution in [3.63, 3.8) is 0 Å². The lowest BCUT2D eigenvalue weighted by atomic mass is 9.90. The molecule has 0 atom stereocenters. The highest BCUT2D eigenvalue weighted by molar-refractivity contribution is 6.26. The number of rotatable bonds is 5. The number of aliphatic imine (C=N–C) groups is 1. The summed E-state index contributed by atoms with van der Waals surface area (Å²) in [5.74, 6) is 2.46. The Labute approximate surface area is 158 Å². The number of hydrogen-bond donors (Lipinski definition) is 4. The van der Waals surface area contributed by atoms with Crippen molar-refractivity contribution in [1.82, 2.24) is 5.32 Å². The summed E-state index contributed by atoms with van der Waals surface area (Å²) in [5.41, 5.74) is 6.90. The molecule has 0 bridgehead atoms. The van der Waals surface area contributed by atoms with Crippen LogP contribution in [0.2, 0.25) is 0 Å². The van der Waals surface area contributed by atoms with Crippen LogP contribution in [0.1, 0.15) is 47.4 Å². The molecule has 8 heteroatoms. The van der Waals surface area contributed by atoms with Crippen molar-refractivity contribution >= 4 is 17.5 Å². The SMILES string of the molecule is CC1(C)CN=C(CCCNC2=C(N)C(=O)c3ccccc3C2=O)OC1.[NH3+]O. The van der Waals surface area contributed by atoms with Crippen molar-refractivity contribution in [2.45, 2.75) is 26.7 Å². The van der Waals surface area contributed by atoms with Gasteiger partial charge in [-0.2, -0.15) is 0 Å². The first-order valence-electron chi connectivity index (χ1n) is 8.79. The molecule has 0 saturated carbocycles. The number of nitrogens with zero attached hydrogens (tertiary/aromatic N) is 1. The van der Waals surface area contributed by atoms with E-state index >= 15 is 0 Å². The fourth-order valence-corrected chi connectivity index (χ4v) is 2.85. The first-order chi connectivity index (χ1) is 12.9. The monoisotopic (exact) mass is 375 g/mol. The minimum atomic E-state index is -0.306. The average molecular weight is 375 g/mol. The van der Waals surface area contributed by atoms with Gasteiger partial charge in [0.25, 0.3) is 0 Å². The number of ketones is 2. The lowest BCUT2D eigenvalue weighted by molar-refractivity contribution is -0.670. The van der Waals surface area contributed by atoms with Gasteiger partial charge in [-0.3, -0.25) is 14.6 Å². The molecule has 2 aliphatic rings. The highest BCUT2D eigenvalue weighted by atomic mass is 16.5. The summed E-state index contributed by atoms with van der Waals surface area (Å²) < 4.78 is 5.66. The summed E-state index contributed by atoms with van der Waals surface area (Å²) in [6, 6.07) is 6.74. The van der Waals surface area contributed by atoms with Gasteiger partial charge in [0, 0.05) is 29.5 Å². The second kappa shape index (κ2) is 8.79. The van der Waals surface area contributed by atoms with Crippen LogP contribution in [-0.2, 0) is 4.74 Å². The van der Waals surface area contributed by atoms with Gasteiger partial charge in [0.05, 0.1) is 13.2 Å². The number of allylic oxidation sites excluding steroid dienone is 2. The summed E-state index contributed by atoms with van der Waals surface area (Å²) in [5, 5.41) is 9.77. The molecule has 0 fully saturated rings. The van der Waals surface area contributed by atoms with Gasteiger partial charge in [-0.05, 0) is 6.42 Å². The Hall–Kier alpha value is -2.71. The van der Waals surface area contributed by atoms with Crippen molar-refractivity contribution in [2.75, 3.05) is 19.7 Å². The van der Waals surface area contributed by atoms with E-state index in [1.165, 1.54) is 0 Å². The van der Waals surface area contributed by atoms with Crippen molar-refractivity contribution in [3.8, 4) is 0 Å². The molecule has 27 heavy (non-hydrogen) atoms. The molecule has 7 N–H and O–H groups in total. The largest absolute Gasteiger partial charge is 0.480 e. The lowest BCUT2D eigenvalue weighted by Crippen LogP contribution is -2.42. The van der Waals surface area contributed by atoms with E-state index in [0.717, 1.165) is 18.9 Å². The molecule has 3 rings (SSSR count). The number of quaternary nitrogens is 1. The van der Waals surface area contributed by atoms with Crippen LogP contribution in [0.5, 0.6) is 0 Å². The molecule has 1 aromatic carbocycles. The van der Waals surface area contributed by atoms with E-state index in [1.807, 2.05) is 0 Å². The van der Waals surface area contributed by atoms with Gasteiger partial charge in [0.1, 0.15) is 11.4 Å². The maximum atomic E-state index is 12.5. The van der Waals surface area contributed by atoms with Crippen LogP contribution in [0.3, 0.4) is 0 Å². The molecule has 1 aromatic rings. The van der Waals surface area contributed by atoms with E-state index in [1.54, 1.807) is 24.3 Å². The van der Waals surface area contributed by atoms with Crippen LogP contribution in [0.25, 0.3) is 0 Å². The second-order valence-electron chi connectivity index (χ2n) is 7.19. The minimum Gasteiger partial charge on any atom is -0.480 e. The highest BCUT2D eigenvalue weighted by Gasteiger charge is 2.30. The smallest absolute Gasteiger partial charge is 0.211 e. The van der Waals surface area contributed by atoms with Gasteiger partial charge < -0.3 is 15.8 Å². The summed E-state index contributed by atoms with van der Waals surface area (Å²) >= 11 is 0. The summed E-state index contributed by atoms with van der Waals surface area (Å²) in [6.07, 6.45) is 1.42. The molecule has 0 saturated heterocycles. The Kier molecular flexibility index (Phi) is 6.70. The third-order valence-electron chi connectivity index (χ3n) is 4.34. The summed E-state index contributed by atoms with van der Waals surface area (Å²) in [7, 11) is 0. The number of carbonyl (C=O) groups is 2. The van der Waals surface area contributed by atoms with Crippen LogP contribution in [0.4, 0.5) is 0 Å². The Morgan fingerprint density at radius 1 is 1.22 bits per heavy atom. The Morgan fingerprint density at radius 2 is 1.85 bits per heavy atom. The average Bonchev–Trinajstić information content (AvgIpc) is 2.68. The van der Waals surface area contributed by atoms with Crippen molar-refractivity contribution < 1.29 is 25.4 Å². The fourth-order valence-electron chi connectivity index (χ4n) is 2.85. The molecular formula is C19H27N4O4+. The maximum Gasteiger partial charge on any atom is 0.211 e. The predicted octanol–water partition coefficient (Wildman–Crippen LogP) is 0.678. The Morgan fingerprint density at radius 3 is 2.44 bits per heavy atom. The minimum absolute atomic E-state index is 0.0169. The molecule has 1 aliphatic heterocycles. The highest BCUT2D eigenvalue weighted by Crippen LogP contribution is 2.23. The zero-order chi connectivity index (χ0) is 20.0. The Balaban J connectivity index is 0.00000126. The van der Waals surface area contributed by atoms with Gasteiger partial charge in [0.2, 0.25) is 11.6 Å². The molecule has 0 spiro atoms. The molecule has 0 unspecified atom stereocenters. The summed E-state index contributed by atoms with van der Waals surface area (Å²) in [6.45, 7) is 6.18. The van der Waals surface area contributed by atoms with Gasteiger partial charge in [-0.15, -0.1) is 0 Å². The number of carbonyl (C=O) groups excluding carboxylic acids is 2. The van der Waals surface area contributed by atoms with Crippen molar-refractivity contribution in [3.05, 3.63) is 46.8 Å². The van der Waals surface area contributed by atoms with E-state index in [0.29, 0.717) is 30.7 Å². The quantitative estimate of drug-likeness (QED) is 0.440. The molecule has 0 amide bonds. The van der Waals surface area contributed by atoms with E-state index in [9.17, 15) is 9.59 Å². The van der Waals surface area contributed by atoms with E-state index in [4.69, 9.17) is 15.7 Å². The first kappa shape index (κ1) is 20.6. The number of hydrogen-bond acceptors (Lipinski definition) is 7. The standard InChI is InChI=1S/C19H23N3O3.H4NO/c1-19(2)10-22-14(25-11-19)8-5-9-21-16-15(20)17(23)12-6-3-4-7-13(12)18(16)24;1-2/h3-4,6-7,21H,5,8-11,20H2,1-2H3;2H,1H3/q;+1. The van der Waals surface area contributed by atoms with E-state index in [-0.39, 0.29) is 28.4 Å². The summed E-state index contributed by atoms with van der Waals surface area (Å²) in [4.78, 5) is 29.3. The van der Waals surface area contributed by atoms with Crippen molar-refractivity contribution in [2.24, 2.45) is 16.1 Å². The number of Topliss-reactive ketones (excluding diaryl/α,β-unsaturated/α-hetero) is 2. The van der Waals surface area contributed by atoms with Gasteiger partial charge in [-0.25, -0.2) is 11.1 Å². The zero-order valence-electron chi connectivity index (χ0n) is 15.7. The molecule has 8 nitrogen and oxygen atoms in total. The van der Waals surface area contributed by atoms with Crippen LogP contribution in [-0.4, -0.2) is 42.4 Å². The number of nitrogens with two attached hydrogens (primary N) is 1. The number of ether oxygens (including phenoxy) is 1. The van der Waals surface area contributed by atoms with Gasteiger partial charge >= 0.3 is 0 Å². The van der Waals surface area contributed by atoms with Crippen LogP contribution in [0, 0.1) is 5.41 Å². The number of benzene rings is 1. The molecular weight excluding hydrogens is 348 g/mol. The topological polar surface area (TPSA) is 142 Å². The van der Waals surface area contributed by atoms with Gasteiger partial charge in [-0.1, -0.05) is 38.1 Å². The van der Waals surface area contributed by atoms with Gasteiger partial charge in [0.15, 0.2) is 5.90 Å². The van der Waals surface area contributed by atoms with Crippen LogP contribution >= 0.6 is 0 Å². The lowest BCUT2D eigenvalue weighted by Gasteiger charge is -2.28. The van der Waals surface area contributed by atoms with Crippen LogP contribution < -0.4 is 16.9 Å². The first-order valence-corrected chi connectivity index (χ1v) is 8.79. The molecule has 1 aliphatic carbocycles. The fraction of sp³-hybridized carbons (Fsp3) is 0.421. The second-order valence-corrected chi connectivity index (χ2v) is 7.19. The number of nitrogens with one attached hydrogen (secondary N) is 1. The normalized spacial score (nSPS) is 18.0. The third kappa shape index (κ3) is 4.72. The molecule has 1 heterocycles. The maximum absolute atomic E-state index is 12.5. The molecule has 0 aromatic heterocycles. The zero-order valence-corrected chi connectivity index (χ0v) is 15.7.